The molecule has 3 aliphatic rings. The van der Waals surface area contributed by atoms with Crippen molar-refractivity contribution in [2.24, 2.45) is 0 Å². The third-order valence-corrected chi connectivity index (χ3v) is 11.2. The van der Waals surface area contributed by atoms with E-state index in [1.807, 2.05) is 4.90 Å². The number of amides is 3. The molecule has 49 heavy (non-hydrogen) atoms. The van der Waals surface area contributed by atoms with Gasteiger partial charge in [-0.25, -0.2) is 8.42 Å². The van der Waals surface area contributed by atoms with E-state index in [2.05, 4.69) is 6.92 Å². The normalized spacial score (nSPS) is 17.4. The number of halogens is 1. The molecule has 5 rings (SSSR count). The molecule has 15 heteroatoms. The summed E-state index contributed by atoms with van der Waals surface area (Å²) in [6, 6.07) is 9.57. The van der Waals surface area contributed by atoms with Crippen molar-refractivity contribution in [2.75, 3.05) is 52.5 Å². The van der Waals surface area contributed by atoms with Crippen LogP contribution in [0.3, 0.4) is 0 Å². The summed E-state index contributed by atoms with van der Waals surface area (Å²) in [5, 5.41) is 12.6. The second-order valence-corrected chi connectivity index (χ2v) is 15.3. The molecular weight excluding hydrogens is 674 g/mol. The number of carbonyl (C=O) groups excluding carboxylic acids is 4. The first-order valence-corrected chi connectivity index (χ1v) is 18.7. The van der Waals surface area contributed by atoms with E-state index in [4.69, 9.17) is 16.3 Å². The molecule has 13 nitrogen and oxygen atoms in total. The highest BCUT2D eigenvalue weighted by Gasteiger charge is 2.42. The Bertz CT molecular complexity index is 1710. The van der Waals surface area contributed by atoms with Crippen molar-refractivity contribution in [3.63, 3.8) is 0 Å². The number of esters is 1. The van der Waals surface area contributed by atoms with Gasteiger partial charge in [0.2, 0.25) is 5.91 Å². The summed E-state index contributed by atoms with van der Waals surface area (Å²) in [7, 11) is -2.27. The van der Waals surface area contributed by atoms with Gasteiger partial charge in [-0.05, 0) is 54.3 Å². The second kappa shape index (κ2) is 15.8. The molecule has 0 bridgehead atoms. The second-order valence-electron chi connectivity index (χ2n) is 12.9. The van der Waals surface area contributed by atoms with Gasteiger partial charge in [-0.1, -0.05) is 43.5 Å². The van der Waals surface area contributed by atoms with E-state index < -0.39 is 33.6 Å². The van der Waals surface area contributed by atoms with Crippen LogP contribution in [-0.2, 0) is 33.8 Å². The van der Waals surface area contributed by atoms with E-state index in [1.165, 1.54) is 17.0 Å². The van der Waals surface area contributed by atoms with Crippen molar-refractivity contribution in [2.45, 2.75) is 68.9 Å². The first-order valence-electron chi connectivity index (χ1n) is 16.7. The van der Waals surface area contributed by atoms with E-state index in [1.54, 1.807) is 52.2 Å². The van der Waals surface area contributed by atoms with Crippen molar-refractivity contribution in [3.05, 3.63) is 53.3 Å². The molecule has 0 saturated carbocycles. The Morgan fingerprint density at radius 3 is 2.47 bits per heavy atom. The highest BCUT2D eigenvalue weighted by Crippen LogP contribution is 2.30. The summed E-state index contributed by atoms with van der Waals surface area (Å²) >= 11 is 6.02. The van der Waals surface area contributed by atoms with Crippen LogP contribution >= 0.6 is 11.6 Å². The largest absolute Gasteiger partial charge is 0.444 e. The zero-order chi connectivity index (χ0) is 35.3. The molecule has 3 heterocycles. The van der Waals surface area contributed by atoms with Gasteiger partial charge >= 0.3 is 5.97 Å². The molecule has 0 aliphatic carbocycles. The van der Waals surface area contributed by atoms with Crippen LogP contribution in [0.15, 0.2) is 53.2 Å². The lowest BCUT2D eigenvalue weighted by Gasteiger charge is -2.37. The molecule has 1 atom stereocenters. The number of fused-ring (bicyclic) bond motifs is 2. The molecule has 2 aromatic carbocycles. The summed E-state index contributed by atoms with van der Waals surface area (Å²) in [4.78, 5) is 59.2. The topological polar surface area (TPSA) is 148 Å². The number of likely N-dealkylation sites (tertiary alicyclic amines) is 1. The van der Waals surface area contributed by atoms with E-state index in [0.29, 0.717) is 48.7 Å². The molecule has 1 N–H and O–H groups in total. The quantitative estimate of drug-likeness (QED) is 0.229. The van der Waals surface area contributed by atoms with Crippen LogP contribution in [0.1, 0.15) is 51.9 Å². The number of piperidine rings is 1. The van der Waals surface area contributed by atoms with Gasteiger partial charge in [-0.2, -0.15) is 0 Å². The average molecular weight is 718 g/mol. The Labute approximate surface area is 291 Å². The molecule has 0 spiro atoms. The number of hydrogen-bond donors (Lipinski definition) is 1. The molecule has 2 fully saturated rings. The molecule has 2 aromatic rings. The van der Waals surface area contributed by atoms with Gasteiger partial charge in [0.05, 0.1) is 30.4 Å². The van der Waals surface area contributed by atoms with Crippen LogP contribution in [0.5, 0.6) is 0 Å². The number of rotatable bonds is 14. The predicted molar refractivity (Wildman–Crippen MR) is 182 cm³/mol. The number of hydrogen-bond acceptors (Lipinski definition) is 10. The van der Waals surface area contributed by atoms with Crippen molar-refractivity contribution in [1.29, 1.82) is 0 Å². The number of benzene rings is 2. The van der Waals surface area contributed by atoms with Crippen LogP contribution in [0, 0.1) is 0 Å². The van der Waals surface area contributed by atoms with E-state index >= 15 is 0 Å². The fourth-order valence-electron chi connectivity index (χ4n) is 6.36. The number of aliphatic hydroxyl groups is 1. The maximum Gasteiger partial charge on any atom is 0.309 e. The Morgan fingerprint density at radius 1 is 1.04 bits per heavy atom. The van der Waals surface area contributed by atoms with Crippen LogP contribution in [0.25, 0.3) is 10.8 Å². The third-order valence-electron chi connectivity index (χ3n) is 9.28. The minimum Gasteiger partial charge on any atom is -0.444 e. The summed E-state index contributed by atoms with van der Waals surface area (Å²) < 4.78 is 31.5. The van der Waals surface area contributed by atoms with E-state index in [0.717, 1.165) is 24.6 Å². The van der Waals surface area contributed by atoms with Gasteiger partial charge in [0, 0.05) is 50.4 Å². The number of sulfone groups is 1. The van der Waals surface area contributed by atoms with Crippen LogP contribution in [-0.4, -0.2) is 126 Å². The van der Waals surface area contributed by atoms with Gasteiger partial charge in [-0.3, -0.25) is 19.2 Å². The zero-order valence-corrected chi connectivity index (χ0v) is 29.5. The standard InChI is InChI=1S/C34H44ClN5O8S/c1-3-4-5-6-31(42)36(2)14-13-32(43)48-23-37-19-29-33(44)40(22-39(29)21-37)27-11-15-38(16-12-27)34(45)30(41)20-49(46,47)28-10-8-24-17-26(35)9-7-25(24)18-28/h7-10,17-19,27,30,41H,3-6,11-16,20-23H2,1-2H3/t30-/m1/s1. The van der Waals surface area contributed by atoms with Gasteiger partial charge in [0.1, 0.15) is 11.8 Å². The lowest BCUT2D eigenvalue weighted by Crippen LogP contribution is -2.51. The summed E-state index contributed by atoms with van der Waals surface area (Å²) in [6.45, 7) is 3.65. The van der Waals surface area contributed by atoms with Gasteiger partial charge in [0.25, 0.3) is 11.8 Å². The number of carbonyl (C=O) groups is 4. The maximum absolute atomic E-state index is 13.3. The monoisotopic (exact) mass is 717 g/mol. The third kappa shape index (κ3) is 8.84. The number of ether oxygens (including phenoxy) is 1. The first-order chi connectivity index (χ1) is 23.4. The summed E-state index contributed by atoms with van der Waals surface area (Å²) in [5.74, 6) is -1.94. The highest BCUT2D eigenvalue weighted by atomic mass is 35.5. The minimum absolute atomic E-state index is 0.00540. The Hall–Kier alpha value is -3.88. The van der Waals surface area contributed by atoms with Crippen molar-refractivity contribution in [3.8, 4) is 0 Å². The molecule has 0 radical (unpaired) electrons. The fraction of sp³-hybridized carbons (Fsp3) is 0.529. The molecule has 2 saturated heterocycles. The number of nitrogens with zero attached hydrogens (tertiary/aromatic N) is 5. The number of unbranched alkanes of at least 4 members (excludes halogenated alkanes) is 2. The van der Waals surface area contributed by atoms with Gasteiger partial charge in [-0.15, -0.1) is 0 Å². The minimum atomic E-state index is -3.95. The summed E-state index contributed by atoms with van der Waals surface area (Å²) in [6.07, 6.45) is 4.37. The van der Waals surface area contributed by atoms with Crippen LogP contribution < -0.4 is 0 Å². The lowest BCUT2D eigenvalue weighted by atomic mass is 10.0. The smallest absolute Gasteiger partial charge is 0.309 e. The number of aliphatic hydroxyl groups excluding tert-OH is 1. The van der Waals surface area contributed by atoms with E-state index in [-0.39, 0.29) is 55.5 Å². The van der Waals surface area contributed by atoms with Crippen molar-refractivity contribution in [1.82, 2.24) is 24.5 Å². The van der Waals surface area contributed by atoms with Crippen LogP contribution in [0.4, 0.5) is 0 Å². The Kier molecular flexibility index (Phi) is 11.7. The SMILES string of the molecule is CCCCCC(=O)N(C)CCC(=O)OCN1C=C2C(=O)N(C3CCN(C(=O)[C@H](O)CS(=O)(=O)c4ccc5cc(Cl)ccc5c4)CC3)CN2C1. The Balaban J connectivity index is 1.05. The van der Waals surface area contributed by atoms with Crippen LogP contribution in [0.2, 0.25) is 5.02 Å². The van der Waals surface area contributed by atoms with Gasteiger partial charge in [0.15, 0.2) is 16.6 Å². The predicted octanol–water partition coefficient (Wildman–Crippen LogP) is 2.76. The highest BCUT2D eigenvalue weighted by molar-refractivity contribution is 7.91. The zero-order valence-electron chi connectivity index (χ0n) is 27.9. The Morgan fingerprint density at radius 2 is 1.76 bits per heavy atom. The maximum atomic E-state index is 13.3. The van der Waals surface area contributed by atoms with Gasteiger partial charge < -0.3 is 34.3 Å². The summed E-state index contributed by atoms with van der Waals surface area (Å²) in [5.41, 5.74) is 0.504. The molecule has 0 aromatic heterocycles. The lowest BCUT2D eigenvalue weighted by molar-refractivity contribution is -0.148. The first kappa shape index (κ1) is 36.4. The molecule has 3 amide bonds. The molecular formula is C34H44ClN5O8S. The fourth-order valence-corrected chi connectivity index (χ4v) is 7.87. The van der Waals surface area contributed by atoms with E-state index in [9.17, 15) is 32.7 Å². The van der Waals surface area contributed by atoms with Crippen molar-refractivity contribution >= 4 is 55.9 Å². The van der Waals surface area contributed by atoms with Crippen molar-refractivity contribution < 1.29 is 37.4 Å². The molecule has 266 valence electrons. The average Bonchev–Trinajstić information content (AvgIpc) is 3.63. The molecule has 3 aliphatic heterocycles. The molecule has 0 unspecified atom stereocenters.